The Balaban J connectivity index is 2.24. The highest BCUT2D eigenvalue weighted by molar-refractivity contribution is 9.10. The minimum atomic E-state index is 0.804. The average Bonchev–Trinajstić information content (AvgIpc) is 2.93. The molecule has 0 unspecified atom stereocenters. The number of imidazole rings is 1. The number of fused-ring (bicyclic) bond motifs is 1. The van der Waals surface area contributed by atoms with Gasteiger partial charge in [-0.2, -0.15) is 0 Å². The number of nitrogens with zero attached hydrogens (tertiary/aromatic N) is 2. The second-order valence-corrected chi connectivity index (χ2v) is 4.36. The molecule has 0 spiro atoms. The highest BCUT2D eigenvalue weighted by Gasteiger charge is 2.23. The van der Waals surface area contributed by atoms with Gasteiger partial charge in [0.15, 0.2) is 0 Å². The molecule has 0 atom stereocenters. The van der Waals surface area contributed by atoms with Crippen molar-refractivity contribution >= 4 is 21.6 Å². The largest absolute Gasteiger partial charge is 0.294 e. The summed E-state index contributed by atoms with van der Waals surface area (Å²) in [6.45, 7) is 0. The van der Waals surface area contributed by atoms with Gasteiger partial charge in [-0.3, -0.25) is 4.40 Å². The van der Waals surface area contributed by atoms with E-state index < -0.39 is 0 Å². The van der Waals surface area contributed by atoms with Gasteiger partial charge in [-0.15, -0.1) is 0 Å². The molecule has 2 heterocycles. The van der Waals surface area contributed by atoms with Crippen LogP contribution < -0.4 is 0 Å². The second kappa shape index (κ2) is 2.58. The zero-order valence-electron chi connectivity index (χ0n) is 7.07. The molecule has 2 aromatic heterocycles. The Hall–Kier alpha value is -0.830. The molecule has 1 aliphatic carbocycles. The zero-order chi connectivity index (χ0) is 8.84. The van der Waals surface area contributed by atoms with Crippen molar-refractivity contribution in [1.82, 2.24) is 9.38 Å². The fourth-order valence-electron chi connectivity index (χ4n) is 1.63. The SMILES string of the molecule is Brc1cnc2ccc(C3CC3)cn12. The van der Waals surface area contributed by atoms with E-state index in [4.69, 9.17) is 0 Å². The summed E-state index contributed by atoms with van der Waals surface area (Å²) < 4.78 is 3.12. The molecular weight excluding hydrogens is 228 g/mol. The van der Waals surface area contributed by atoms with Crippen LogP contribution >= 0.6 is 15.9 Å². The van der Waals surface area contributed by atoms with Gasteiger partial charge in [-0.05, 0) is 46.3 Å². The topological polar surface area (TPSA) is 17.3 Å². The fraction of sp³-hybridized carbons (Fsp3) is 0.300. The van der Waals surface area contributed by atoms with Crippen LogP contribution in [0.2, 0.25) is 0 Å². The van der Waals surface area contributed by atoms with Gasteiger partial charge < -0.3 is 0 Å². The minimum absolute atomic E-state index is 0.804. The molecule has 0 saturated heterocycles. The Morgan fingerprint density at radius 1 is 1.38 bits per heavy atom. The van der Waals surface area contributed by atoms with Crippen LogP contribution in [0.3, 0.4) is 0 Å². The maximum Gasteiger partial charge on any atom is 0.137 e. The molecule has 0 aromatic carbocycles. The molecule has 1 aliphatic rings. The van der Waals surface area contributed by atoms with Gasteiger partial charge in [-0.25, -0.2) is 4.98 Å². The Morgan fingerprint density at radius 2 is 2.23 bits per heavy atom. The highest BCUT2D eigenvalue weighted by atomic mass is 79.9. The lowest BCUT2D eigenvalue weighted by molar-refractivity contribution is 1.05. The summed E-state index contributed by atoms with van der Waals surface area (Å²) in [7, 11) is 0. The molecule has 0 N–H and O–H groups in total. The van der Waals surface area contributed by atoms with Gasteiger partial charge in [0.05, 0.1) is 6.20 Å². The lowest BCUT2D eigenvalue weighted by Crippen LogP contribution is -1.88. The summed E-state index contributed by atoms with van der Waals surface area (Å²) in [6, 6.07) is 4.27. The monoisotopic (exact) mass is 236 g/mol. The van der Waals surface area contributed by atoms with E-state index in [1.807, 2.05) is 6.20 Å². The van der Waals surface area contributed by atoms with Crippen molar-refractivity contribution in [3.8, 4) is 0 Å². The number of halogens is 1. The van der Waals surface area contributed by atoms with Crippen LogP contribution in [0, 0.1) is 0 Å². The van der Waals surface area contributed by atoms with Gasteiger partial charge in [-0.1, -0.05) is 6.07 Å². The van der Waals surface area contributed by atoms with Crippen LogP contribution in [0.25, 0.3) is 5.65 Å². The van der Waals surface area contributed by atoms with Crippen molar-refractivity contribution in [1.29, 1.82) is 0 Å². The molecular formula is C10H9BrN2. The number of pyridine rings is 1. The lowest BCUT2D eigenvalue weighted by atomic mass is 10.2. The van der Waals surface area contributed by atoms with E-state index >= 15 is 0 Å². The molecule has 2 aromatic rings. The Morgan fingerprint density at radius 3 is 3.00 bits per heavy atom. The average molecular weight is 237 g/mol. The number of rotatable bonds is 1. The molecule has 0 aliphatic heterocycles. The Kier molecular flexibility index (Phi) is 1.50. The Bertz CT molecular complexity index is 457. The maximum atomic E-state index is 4.26. The number of hydrogen-bond acceptors (Lipinski definition) is 1. The van der Waals surface area contributed by atoms with E-state index in [1.165, 1.54) is 18.4 Å². The summed E-state index contributed by atoms with van der Waals surface area (Å²) in [5, 5.41) is 0. The van der Waals surface area contributed by atoms with Crippen LogP contribution in [-0.2, 0) is 0 Å². The van der Waals surface area contributed by atoms with Crippen LogP contribution in [-0.4, -0.2) is 9.38 Å². The quantitative estimate of drug-likeness (QED) is 0.745. The predicted molar refractivity (Wildman–Crippen MR) is 54.9 cm³/mol. The molecule has 1 fully saturated rings. The standard InChI is InChI=1S/C10H9BrN2/c11-9-5-12-10-4-3-8(6-13(9)10)7-1-2-7/h3-7H,1-2H2. The number of aromatic nitrogens is 2. The van der Waals surface area contributed by atoms with Crippen molar-refractivity contribution < 1.29 is 0 Å². The van der Waals surface area contributed by atoms with Gasteiger partial charge in [0.25, 0.3) is 0 Å². The first-order chi connectivity index (χ1) is 6.34. The molecule has 1 saturated carbocycles. The fourth-order valence-corrected chi connectivity index (χ4v) is 2.01. The number of hydrogen-bond donors (Lipinski definition) is 0. The summed E-state index contributed by atoms with van der Waals surface area (Å²) in [5.41, 5.74) is 2.45. The van der Waals surface area contributed by atoms with E-state index in [9.17, 15) is 0 Å². The smallest absolute Gasteiger partial charge is 0.137 e. The second-order valence-electron chi connectivity index (χ2n) is 3.55. The van der Waals surface area contributed by atoms with E-state index in [1.54, 1.807) is 0 Å². The third kappa shape index (κ3) is 1.18. The molecule has 3 rings (SSSR count). The van der Waals surface area contributed by atoms with Crippen LogP contribution in [0.4, 0.5) is 0 Å². The van der Waals surface area contributed by atoms with E-state index in [0.717, 1.165) is 16.2 Å². The molecule has 3 heteroatoms. The van der Waals surface area contributed by atoms with Gasteiger partial charge in [0.2, 0.25) is 0 Å². The van der Waals surface area contributed by atoms with Crippen molar-refractivity contribution in [3.63, 3.8) is 0 Å². The summed E-state index contributed by atoms with van der Waals surface area (Å²) >= 11 is 3.47. The molecule has 0 bridgehead atoms. The van der Waals surface area contributed by atoms with E-state index in [0.29, 0.717) is 0 Å². The van der Waals surface area contributed by atoms with Crippen LogP contribution in [0.1, 0.15) is 24.3 Å². The van der Waals surface area contributed by atoms with Gasteiger partial charge >= 0.3 is 0 Å². The Labute approximate surface area is 84.7 Å². The van der Waals surface area contributed by atoms with Gasteiger partial charge in [0, 0.05) is 6.20 Å². The maximum absolute atomic E-state index is 4.26. The minimum Gasteiger partial charge on any atom is -0.294 e. The van der Waals surface area contributed by atoms with Crippen molar-refractivity contribution in [2.75, 3.05) is 0 Å². The normalized spacial score (nSPS) is 16.7. The first-order valence-electron chi connectivity index (χ1n) is 4.47. The predicted octanol–water partition coefficient (Wildman–Crippen LogP) is 2.97. The third-order valence-corrected chi connectivity index (χ3v) is 3.12. The zero-order valence-corrected chi connectivity index (χ0v) is 8.66. The lowest BCUT2D eigenvalue weighted by Gasteiger charge is -1.99. The van der Waals surface area contributed by atoms with Crippen LogP contribution in [0.5, 0.6) is 0 Å². The third-order valence-electron chi connectivity index (χ3n) is 2.53. The molecule has 0 radical (unpaired) electrons. The first-order valence-corrected chi connectivity index (χ1v) is 5.26. The molecule has 2 nitrogen and oxygen atoms in total. The molecule has 0 amide bonds. The first kappa shape index (κ1) is 7.56. The summed E-state index contributed by atoms with van der Waals surface area (Å²) in [5.74, 6) is 0.804. The van der Waals surface area contributed by atoms with Crippen molar-refractivity contribution in [2.24, 2.45) is 0 Å². The van der Waals surface area contributed by atoms with Crippen molar-refractivity contribution in [3.05, 3.63) is 34.7 Å². The van der Waals surface area contributed by atoms with Gasteiger partial charge in [0.1, 0.15) is 10.3 Å². The van der Waals surface area contributed by atoms with Crippen molar-refractivity contribution in [2.45, 2.75) is 18.8 Å². The van der Waals surface area contributed by atoms with E-state index in [2.05, 4.69) is 43.6 Å². The van der Waals surface area contributed by atoms with Crippen LogP contribution in [0.15, 0.2) is 29.1 Å². The molecule has 13 heavy (non-hydrogen) atoms. The molecule has 66 valence electrons. The summed E-state index contributed by atoms with van der Waals surface area (Å²) in [4.78, 5) is 4.26. The summed E-state index contributed by atoms with van der Waals surface area (Å²) in [6.07, 6.45) is 6.71. The highest BCUT2D eigenvalue weighted by Crippen LogP contribution is 2.40. The van der Waals surface area contributed by atoms with E-state index in [-0.39, 0.29) is 0 Å².